The van der Waals surface area contributed by atoms with Crippen molar-refractivity contribution in [1.29, 1.82) is 0 Å². The largest absolute Gasteiger partial charge is 0.484 e. The summed E-state index contributed by atoms with van der Waals surface area (Å²) >= 11 is 1.50. The first-order chi connectivity index (χ1) is 13.6. The van der Waals surface area contributed by atoms with E-state index in [2.05, 4.69) is 10.1 Å². The normalized spacial score (nSPS) is 11.5. The maximum absolute atomic E-state index is 13.2. The standard InChI is InChI=1S/C21H18FNO4S/c1-26-21(25)15-6-10-17(11-7-15)27-13-19(24)23-20(18-3-2-12-28-18)14-4-8-16(22)9-5-14/h2-12,20H,13H2,1H3,(H,23,24). The zero-order chi connectivity index (χ0) is 19.9. The van der Waals surface area contributed by atoms with Crippen molar-refractivity contribution < 1.29 is 23.5 Å². The Hall–Kier alpha value is -3.19. The Labute approximate surface area is 165 Å². The van der Waals surface area contributed by atoms with Gasteiger partial charge in [0.2, 0.25) is 0 Å². The summed E-state index contributed by atoms with van der Waals surface area (Å²) in [7, 11) is 1.31. The van der Waals surface area contributed by atoms with Gasteiger partial charge in [0.25, 0.3) is 5.91 Å². The van der Waals surface area contributed by atoms with Crippen molar-refractivity contribution in [2.24, 2.45) is 0 Å². The Morgan fingerprint density at radius 1 is 1.07 bits per heavy atom. The Morgan fingerprint density at radius 3 is 2.39 bits per heavy atom. The number of halogens is 1. The smallest absolute Gasteiger partial charge is 0.337 e. The highest BCUT2D eigenvalue weighted by molar-refractivity contribution is 7.10. The van der Waals surface area contributed by atoms with Crippen LogP contribution >= 0.6 is 11.3 Å². The van der Waals surface area contributed by atoms with Crippen LogP contribution in [0.25, 0.3) is 0 Å². The highest BCUT2D eigenvalue weighted by Crippen LogP contribution is 2.26. The quantitative estimate of drug-likeness (QED) is 0.611. The molecule has 1 atom stereocenters. The van der Waals surface area contributed by atoms with Gasteiger partial charge in [0.05, 0.1) is 18.7 Å². The average Bonchev–Trinajstić information content (AvgIpc) is 3.25. The monoisotopic (exact) mass is 399 g/mol. The molecule has 1 heterocycles. The van der Waals surface area contributed by atoms with Gasteiger partial charge in [-0.15, -0.1) is 11.3 Å². The number of carbonyl (C=O) groups is 2. The number of ether oxygens (including phenoxy) is 2. The third-order valence-corrected chi connectivity index (χ3v) is 4.92. The van der Waals surface area contributed by atoms with Gasteiger partial charge in [-0.2, -0.15) is 0 Å². The fourth-order valence-electron chi connectivity index (χ4n) is 2.59. The van der Waals surface area contributed by atoms with Crippen molar-refractivity contribution in [2.75, 3.05) is 13.7 Å². The molecule has 0 saturated carbocycles. The topological polar surface area (TPSA) is 64.6 Å². The number of hydrogen-bond acceptors (Lipinski definition) is 5. The third-order valence-electron chi connectivity index (χ3n) is 3.98. The van der Waals surface area contributed by atoms with Gasteiger partial charge in [-0.3, -0.25) is 4.79 Å². The van der Waals surface area contributed by atoms with Crippen LogP contribution in [0.1, 0.15) is 26.8 Å². The van der Waals surface area contributed by atoms with E-state index in [-0.39, 0.29) is 18.3 Å². The first-order valence-corrected chi connectivity index (χ1v) is 9.34. The molecule has 2 aromatic carbocycles. The number of benzene rings is 2. The fraction of sp³-hybridized carbons (Fsp3) is 0.143. The number of methoxy groups -OCH3 is 1. The Balaban J connectivity index is 1.64. The molecule has 1 N–H and O–H groups in total. The SMILES string of the molecule is COC(=O)c1ccc(OCC(=O)NC(c2ccc(F)cc2)c2cccs2)cc1. The van der Waals surface area contributed by atoms with Crippen molar-refractivity contribution in [3.8, 4) is 5.75 Å². The zero-order valence-electron chi connectivity index (χ0n) is 15.1. The second-order valence-corrected chi connectivity index (χ2v) is 6.85. The number of esters is 1. The Bertz CT molecular complexity index is 924. The predicted molar refractivity (Wildman–Crippen MR) is 104 cm³/mol. The van der Waals surface area contributed by atoms with Crippen LogP contribution in [0.5, 0.6) is 5.75 Å². The van der Waals surface area contributed by atoms with Crippen molar-refractivity contribution in [3.05, 3.63) is 87.9 Å². The van der Waals surface area contributed by atoms with E-state index >= 15 is 0 Å². The first-order valence-electron chi connectivity index (χ1n) is 8.46. The number of hydrogen-bond donors (Lipinski definition) is 1. The van der Waals surface area contributed by atoms with Gasteiger partial charge in [-0.05, 0) is 53.4 Å². The second-order valence-electron chi connectivity index (χ2n) is 5.87. The van der Waals surface area contributed by atoms with Gasteiger partial charge in [0, 0.05) is 4.88 Å². The highest BCUT2D eigenvalue weighted by atomic mass is 32.1. The lowest BCUT2D eigenvalue weighted by molar-refractivity contribution is -0.123. The summed E-state index contributed by atoms with van der Waals surface area (Å²) in [6.45, 7) is -0.194. The first kappa shape index (κ1) is 19.6. The van der Waals surface area contributed by atoms with Crippen molar-refractivity contribution in [1.82, 2.24) is 5.32 Å². The molecule has 28 heavy (non-hydrogen) atoms. The zero-order valence-corrected chi connectivity index (χ0v) is 15.9. The van der Waals surface area contributed by atoms with Crippen LogP contribution in [0.2, 0.25) is 0 Å². The van der Waals surface area contributed by atoms with Gasteiger partial charge in [-0.1, -0.05) is 18.2 Å². The van der Waals surface area contributed by atoms with Crippen LogP contribution in [0, 0.1) is 5.82 Å². The molecule has 5 nitrogen and oxygen atoms in total. The average molecular weight is 399 g/mol. The summed E-state index contributed by atoms with van der Waals surface area (Å²) in [6, 6.07) is 15.7. The van der Waals surface area contributed by atoms with E-state index in [1.54, 1.807) is 36.4 Å². The predicted octanol–water partition coefficient (Wildman–Crippen LogP) is 3.96. The number of carbonyl (C=O) groups excluding carboxylic acids is 2. The molecule has 7 heteroatoms. The molecular weight excluding hydrogens is 381 g/mol. The van der Waals surface area contributed by atoms with Gasteiger partial charge >= 0.3 is 5.97 Å². The van der Waals surface area contributed by atoms with Crippen LogP contribution in [0.3, 0.4) is 0 Å². The van der Waals surface area contributed by atoms with Crippen LogP contribution in [-0.4, -0.2) is 25.6 Å². The highest BCUT2D eigenvalue weighted by Gasteiger charge is 2.18. The number of nitrogens with one attached hydrogen (secondary N) is 1. The van der Waals surface area contributed by atoms with Gasteiger partial charge in [0.15, 0.2) is 6.61 Å². The molecule has 1 unspecified atom stereocenters. The molecule has 0 aliphatic rings. The second kappa shape index (κ2) is 9.14. The minimum Gasteiger partial charge on any atom is -0.484 e. The molecule has 3 aromatic rings. The lowest BCUT2D eigenvalue weighted by Gasteiger charge is -2.18. The summed E-state index contributed by atoms with van der Waals surface area (Å²) < 4.78 is 23.4. The molecule has 0 spiro atoms. The molecule has 1 aromatic heterocycles. The molecule has 0 aliphatic carbocycles. The van der Waals surface area contributed by atoms with Gasteiger partial charge < -0.3 is 14.8 Å². The van der Waals surface area contributed by atoms with Crippen LogP contribution in [-0.2, 0) is 9.53 Å². The molecule has 0 radical (unpaired) electrons. The summed E-state index contributed by atoms with van der Waals surface area (Å²) in [5.74, 6) is -0.641. The van der Waals surface area contributed by atoms with E-state index < -0.39 is 12.0 Å². The summed E-state index contributed by atoms with van der Waals surface area (Å²) in [5.41, 5.74) is 1.17. The van der Waals surface area contributed by atoms with Crippen LogP contribution in [0.4, 0.5) is 4.39 Å². The van der Waals surface area contributed by atoms with Crippen LogP contribution < -0.4 is 10.1 Å². The Morgan fingerprint density at radius 2 is 1.79 bits per heavy atom. The minimum absolute atomic E-state index is 0.194. The van der Waals surface area contributed by atoms with Crippen molar-refractivity contribution in [3.63, 3.8) is 0 Å². The maximum Gasteiger partial charge on any atom is 0.337 e. The Kier molecular flexibility index (Phi) is 6.39. The molecule has 1 amide bonds. The van der Waals surface area contributed by atoms with E-state index in [0.717, 1.165) is 10.4 Å². The van der Waals surface area contributed by atoms with E-state index in [1.165, 1.54) is 30.6 Å². The van der Waals surface area contributed by atoms with Crippen molar-refractivity contribution in [2.45, 2.75) is 6.04 Å². The maximum atomic E-state index is 13.2. The van der Waals surface area contributed by atoms with E-state index in [9.17, 15) is 14.0 Å². The number of rotatable bonds is 7. The lowest BCUT2D eigenvalue weighted by atomic mass is 10.1. The molecule has 0 bridgehead atoms. The van der Waals surface area contributed by atoms with E-state index in [0.29, 0.717) is 11.3 Å². The van der Waals surface area contributed by atoms with Crippen molar-refractivity contribution >= 4 is 23.2 Å². The number of thiophene rings is 1. The van der Waals surface area contributed by atoms with E-state index in [4.69, 9.17) is 4.74 Å². The lowest BCUT2D eigenvalue weighted by Crippen LogP contribution is -2.32. The summed E-state index contributed by atoms with van der Waals surface area (Å²) in [5, 5.41) is 4.83. The number of amides is 1. The molecule has 3 rings (SSSR count). The van der Waals surface area contributed by atoms with E-state index in [1.807, 2.05) is 17.5 Å². The molecule has 0 aliphatic heterocycles. The van der Waals surface area contributed by atoms with Gasteiger partial charge in [-0.25, -0.2) is 9.18 Å². The third kappa shape index (κ3) is 4.95. The molecule has 0 fully saturated rings. The molecule has 0 saturated heterocycles. The van der Waals surface area contributed by atoms with Crippen LogP contribution in [0.15, 0.2) is 66.0 Å². The van der Waals surface area contributed by atoms with Gasteiger partial charge in [0.1, 0.15) is 11.6 Å². The fourth-order valence-corrected chi connectivity index (χ4v) is 3.39. The molecular formula is C21H18FNO4S. The summed E-state index contributed by atoms with van der Waals surface area (Å²) in [4.78, 5) is 24.8. The summed E-state index contributed by atoms with van der Waals surface area (Å²) in [6.07, 6.45) is 0. The minimum atomic E-state index is -0.442. The molecule has 144 valence electrons.